The summed E-state index contributed by atoms with van der Waals surface area (Å²) in [5, 5.41) is 0. The Labute approximate surface area is 192 Å². The number of rotatable bonds is 23. The lowest BCUT2D eigenvalue weighted by Gasteiger charge is -2.16. The van der Waals surface area contributed by atoms with Crippen molar-refractivity contribution in [1.29, 1.82) is 0 Å². The molecule has 0 spiro atoms. The van der Waals surface area contributed by atoms with Crippen molar-refractivity contribution in [1.82, 2.24) is 0 Å². The van der Waals surface area contributed by atoms with Crippen LogP contribution in [0, 0.1) is 5.92 Å². The van der Waals surface area contributed by atoms with E-state index in [-0.39, 0.29) is 11.9 Å². The van der Waals surface area contributed by atoms with Gasteiger partial charge in [-0.1, -0.05) is 78.1 Å². The third-order valence-electron chi connectivity index (χ3n) is 5.76. The highest BCUT2D eigenvalue weighted by atomic mass is 16.5. The molecule has 31 heavy (non-hydrogen) atoms. The number of methoxy groups -OCH3 is 1. The summed E-state index contributed by atoms with van der Waals surface area (Å²) in [4.78, 5) is 23.6. The van der Waals surface area contributed by atoms with Crippen LogP contribution in [0.4, 0.5) is 0 Å². The second kappa shape index (κ2) is 23.6. The topological polar surface area (TPSA) is 61.8 Å². The van der Waals surface area contributed by atoms with Crippen LogP contribution in [0.15, 0.2) is 0 Å². The summed E-state index contributed by atoms with van der Waals surface area (Å²) in [6.07, 6.45) is 17.4. The minimum absolute atomic E-state index is 0.109. The van der Waals surface area contributed by atoms with Crippen molar-refractivity contribution in [2.75, 3.05) is 26.9 Å². The van der Waals surface area contributed by atoms with Gasteiger partial charge in [0.25, 0.3) is 0 Å². The zero-order chi connectivity index (χ0) is 23.0. The Hall–Kier alpha value is -1.10. The van der Waals surface area contributed by atoms with Crippen LogP contribution in [-0.2, 0) is 23.8 Å². The van der Waals surface area contributed by atoms with E-state index in [2.05, 4.69) is 13.8 Å². The van der Waals surface area contributed by atoms with Gasteiger partial charge in [-0.3, -0.25) is 9.59 Å². The molecule has 0 bridgehead atoms. The predicted molar refractivity (Wildman–Crippen MR) is 127 cm³/mol. The van der Waals surface area contributed by atoms with Crippen LogP contribution < -0.4 is 0 Å². The normalized spacial score (nSPS) is 12.0. The highest BCUT2D eigenvalue weighted by Crippen LogP contribution is 2.17. The van der Waals surface area contributed by atoms with Crippen LogP contribution >= 0.6 is 0 Å². The summed E-state index contributed by atoms with van der Waals surface area (Å²) < 4.78 is 15.9. The molecule has 0 aromatic carbocycles. The van der Waals surface area contributed by atoms with Crippen LogP contribution in [0.25, 0.3) is 0 Å². The second-order valence-corrected chi connectivity index (χ2v) is 8.70. The second-order valence-electron chi connectivity index (χ2n) is 8.70. The average Bonchev–Trinajstić information content (AvgIpc) is 2.76. The number of carbonyl (C=O) groups is 2. The van der Waals surface area contributed by atoms with Crippen molar-refractivity contribution < 1.29 is 23.8 Å². The molecule has 0 rings (SSSR count). The highest BCUT2D eigenvalue weighted by molar-refractivity contribution is 5.69. The van der Waals surface area contributed by atoms with E-state index in [0.717, 1.165) is 51.6 Å². The first-order valence-corrected chi connectivity index (χ1v) is 12.9. The first-order valence-electron chi connectivity index (χ1n) is 12.9. The van der Waals surface area contributed by atoms with Gasteiger partial charge in [-0.15, -0.1) is 0 Å². The molecule has 0 heterocycles. The summed E-state index contributed by atoms with van der Waals surface area (Å²) in [6, 6.07) is 0. The lowest BCUT2D eigenvalue weighted by atomic mass is 9.96. The zero-order valence-electron chi connectivity index (χ0n) is 20.8. The minimum Gasteiger partial charge on any atom is -0.466 e. The van der Waals surface area contributed by atoms with Crippen LogP contribution in [0.1, 0.15) is 123 Å². The number of carbonyl (C=O) groups excluding carboxylic acids is 2. The summed E-state index contributed by atoms with van der Waals surface area (Å²) >= 11 is 0. The van der Waals surface area contributed by atoms with E-state index in [1.54, 1.807) is 7.11 Å². The molecule has 184 valence electrons. The molecule has 1 unspecified atom stereocenters. The fourth-order valence-electron chi connectivity index (χ4n) is 3.65. The molecule has 0 aromatic heterocycles. The molecule has 0 aliphatic carbocycles. The lowest BCUT2D eigenvalue weighted by Crippen LogP contribution is -2.12. The number of esters is 2. The maximum Gasteiger partial charge on any atom is 0.305 e. The highest BCUT2D eigenvalue weighted by Gasteiger charge is 2.10. The molecular formula is C26H50O5. The largest absolute Gasteiger partial charge is 0.466 e. The third kappa shape index (κ3) is 21.9. The Morgan fingerprint density at radius 2 is 1.10 bits per heavy atom. The van der Waals surface area contributed by atoms with Gasteiger partial charge in [0.15, 0.2) is 0 Å². The van der Waals surface area contributed by atoms with Crippen LogP contribution in [-0.4, -0.2) is 38.9 Å². The van der Waals surface area contributed by atoms with E-state index in [0.29, 0.717) is 32.0 Å². The first kappa shape index (κ1) is 29.9. The van der Waals surface area contributed by atoms with Gasteiger partial charge >= 0.3 is 11.9 Å². The monoisotopic (exact) mass is 442 g/mol. The Kier molecular flexibility index (Phi) is 22.7. The molecule has 0 saturated heterocycles. The average molecular weight is 443 g/mol. The molecule has 1 atom stereocenters. The molecule has 0 amide bonds. The fraction of sp³-hybridized carbons (Fsp3) is 0.923. The Morgan fingerprint density at radius 3 is 1.71 bits per heavy atom. The molecule has 0 saturated carbocycles. The molecule has 0 N–H and O–H groups in total. The van der Waals surface area contributed by atoms with E-state index in [1.807, 2.05) is 0 Å². The number of ether oxygens (including phenoxy) is 3. The quantitative estimate of drug-likeness (QED) is 0.126. The summed E-state index contributed by atoms with van der Waals surface area (Å²) in [7, 11) is 1.73. The van der Waals surface area contributed by atoms with Gasteiger partial charge in [0.2, 0.25) is 0 Å². The first-order chi connectivity index (χ1) is 15.1. The van der Waals surface area contributed by atoms with E-state index in [9.17, 15) is 9.59 Å². The third-order valence-corrected chi connectivity index (χ3v) is 5.76. The van der Waals surface area contributed by atoms with E-state index < -0.39 is 0 Å². The maximum absolute atomic E-state index is 11.9. The van der Waals surface area contributed by atoms with Crippen LogP contribution in [0.3, 0.4) is 0 Å². The summed E-state index contributed by atoms with van der Waals surface area (Å²) in [6.45, 7) is 6.24. The van der Waals surface area contributed by atoms with Crippen molar-refractivity contribution in [3.05, 3.63) is 0 Å². The van der Waals surface area contributed by atoms with Gasteiger partial charge in [-0.05, 0) is 38.0 Å². The molecule has 5 nitrogen and oxygen atoms in total. The van der Waals surface area contributed by atoms with E-state index in [4.69, 9.17) is 14.2 Å². The van der Waals surface area contributed by atoms with Crippen LogP contribution in [0.5, 0.6) is 0 Å². The van der Waals surface area contributed by atoms with Gasteiger partial charge in [0, 0.05) is 26.6 Å². The Balaban J connectivity index is 3.55. The molecule has 0 aliphatic rings. The Morgan fingerprint density at radius 1 is 0.581 bits per heavy atom. The standard InChI is InChI=1S/C26H50O5/c1-4-6-8-9-10-11-15-21-30-25(27)17-13-12-14-18-26(28)31-23-20-24(16-7-5-2)19-22-29-3/h24H,4-23H2,1-3H3. The van der Waals surface area contributed by atoms with Crippen molar-refractivity contribution in [3.8, 4) is 0 Å². The van der Waals surface area contributed by atoms with Gasteiger partial charge < -0.3 is 14.2 Å². The van der Waals surface area contributed by atoms with Gasteiger partial charge in [0.05, 0.1) is 13.2 Å². The van der Waals surface area contributed by atoms with Gasteiger partial charge in [-0.25, -0.2) is 0 Å². The Bertz CT molecular complexity index is 403. The molecule has 0 aliphatic heterocycles. The SMILES string of the molecule is CCCCCCCCCOC(=O)CCCCCC(=O)OCCC(CCCC)CCOC. The van der Waals surface area contributed by atoms with Crippen LogP contribution in [0.2, 0.25) is 0 Å². The fourth-order valence-corrected chi connectivity index (χ4v) is 3.65. The molecule has 5 heteroatoms. The van der Waals surface area contributed by atoms with Gasteiger partial charge in [0.1, 0.15) is 0 Å². The number of hydrogen-bond donors (Lipinski definition) is 0. The van der Waals surface area contributed by atoms with E-state index >= 15 is 0 Å². The predicted octanol–water partition coefficient (Wildman–Crippen LogP) is 7.01. The van der Waals surface area contributed by atoms with Crippen molar-refractivity contribution in [2.45, 2.75) is 123 Å². The number of unbranched alkanes of at least 4 members (excludes halogenated alkanes) is 9. The lowest BCUT2D eigenvalue weighted by molar-refractivity contribution is -0.144. The zero-order valence-corrected chi connectivity index (χ0v) is 20.8. The van der Waals surface area contributed by atoms with E-state index in [1.165, 1.54) is 51.4 Å². The molecule has 0 radical (unpaired) electrons. The number of hydrogen-bond acceptors (Lipinski definition) is 5. The summed E-state index contributed by atoms with van der Waals surface area (Å²) in [5.41, 5.74) is 0. The minimum atomic E-state index is -0.123. The molecular weight excluding hydrogens is 392 g/mol. The molecule has 0 fully saturated rings. The van der Waals surface area contributed by atoms with Gasteiger partial charge in [-0.2, -0.15) is 0 Å². The van der Waals surface area contributed by atoms with Crippen molar-refractivity contribution in [2.24, 2.45) is 5.92 Å². The van der Waals surface area contributed by atoms with Crippen molar-refractivity contribution in [3.63, 3.8) is 0 Å². The molecule has 0 aromatic rings. The maximum atomic E-state index is 11.9. The summed E-state index contributed by atoms with van der Waals surface area (Å²) in [5.74, 6) is 0.338. The van der Waals surface area contributed by atoms with Crippen molar-refractivity contribution >= 4 is 11.9 Å². The smallest absolute Gasteiger partial charge is 0.305 e.